The first kappa shape index (κ1) is 28.9. The van der Waals surface area contributed by atoms with Gasteiger partial charge in [0, 0.05) is 27.9 Å². The molecule has 1 heterocycles. The molecule has 0 radical (unpaired) electrons. The second-order valence-corrected chi connectivity index (χ2v) is 15.4. The van der Waals surface area contributed by atoms with E-state index < -0.39 is 8.16 Å². The Morgan fingerprint density at radius 1 is 0.675 bits per heavy atom. The van der Waals surface area contributed by atoms with Crippen molar-refractivity contribution in [3.05, 3.63) is 75.8 Å². The molecule has 1 aromatic heterocycles. The number of rotatable bonds is 3. The smallest absolute Gasteiger partial charge is 0.341 e. The minimum Gasteiger partial charge on any atom is -0.403 e. The van der Waals surface area contributed by atoms with Gasteiger partial charge in [-0.25, -0.2) is 0 Å². The molecular formula is C36H48NO2P. The third-order valence-corrected chi connectivity index (χ3v) is 10.0. The van der Waals surface area contributed by atoms with Gasteiger partial charge in [0.25, 0.3) is 0 Å². The monoisotopic (exact) mass is 557 g/mol. The van der Waals surface area contributed by atoms with Crippen LogP contribution < -0.4 is 4.67 Å². The number of anilines is 1. The van der Waals surface area contributed by atoms with Crippen LogP contribution in [0, 0.1) is 27.7 Å². The molecule has 1 aliphatic rings. The van der Waals surface area contributed by atoms with E-state index in [2.05, 4.69) is 116 Å². The largest absolute Gasteiger partial charge is 0.403 e. The number of hydrogen-bond donors (Lipinski definition) is 0. The molecule has 4 heteroatoms. The van der Waals surface area contributed by atoms with Crippen LogP contribution in [0.25, 0.3) is 21.9 Å². The number of aryl methyl sites for hydroxylation is 4. The first-order valence-corrected chi connectivity index (χ1v) is 16.2. The summed E-state index contributed by atoms with van der Waals surface area (Å²) in [7, 11) is -1.48. The molecule has 0 N–H and O–H groups in total. The van der Waals surface area contributed by atoms with E-state index in [0.717, 1.165) is 21.9 Å². The van der Waals surface area contributed by atoms with Gasteiger partial charge < -0.3 is 8.39 Å². The van der Waals surface area contributed by atoms with Gasteiger partial charge in [-0.05, 0) is 85.8 Å². The van der Waals surface area contributed by atoms with Gasteiger partial charge in [-0.2, -0.15) is 0 Å². The minimum atomic E-state index is -1.48. The van der Waals surface area contributed by atoms with Crippen molar-refractivity contribution in [3.63, 3.8) is 0 Å². The van der Waals surface area contributed by atoms with Gasteiger partial charge in [-0.1, -0.05) is 91.1 Å². The van der Waals surface area contributed by atoms with Crippen LogP contribution in [0.2, 0.25) is 0 Å². The summed E-state index contributed by atoms with van der Waals surface area (Å²) in [6.07, 6.45) is 6.14. The molecule has 0 spiro atoms. The summed E-state index contributed by atoms with van der Waals surface area (Å²) in [5.41, 5.74) is 10.7. The summed E-state index contributed by atoms with van der Waals surface area (Å²) >= 11 is 0. The highest BCUT2D eigenvalue weighted by molar-refractivity contribution is 7.39. The highest BCUT2D eigenvalue weighted by atomic mass is 31.1. The maximum atomic E-state index is 7.31. The van der Waals surface area contributed by atoms with Gasteiger partial charge in [0.05, 0.1) is 5.69 Å². The molecule has 0 saturated heterocycles. The Morgan fingerprint density at radius 3 is 1.55 bits per heavy atom. The van der Waals surface area contributed by atoms with E-state index in [9.17, 15) is 0 Å². The molecule has 0 bridgehead atoms. The molecule has 3 nitrogen and oxygen atoms in total. The van der Waals surface area contributed by atoms with Crippen LogP contribution in [-0.4, -0.2) is 6.04 Å². The Balaban J connectivity index is 2.01. The van der Waals surface area contributed by atoms with Crippen molar-refractivity contribution in [1.82, 2.24) is 0 Å². The maximum Gasteiger partial charge on any atom is 0.341 e. The molecule has 0 amide bonds. The topological polar surface area (TPSA) is 29.5 Å². The fourth-order valence-electron chi connectivity index (χ4n) is 6.41. The summed E-state index contributed by atoms with van der Waals surface area (Å²) in [5.74, 6) is 0. The van der Waals surface area contributed by atoms with Gasteiger partial charge >= 0.3 is 8.16 Å². The summed E-state index contributed by atoms with van der Waals surface area (Å²) < 4.78 is 17.2. The van der Waals surface area contributed by atoms with Gasteiger partial charge in [-0.3, -0.25) is 4.67 Å². The fourth-order valence-corrected chi connectivity index (χ4v) is 8.31. The van der Waals surface area contributed by atoms with Gasteiger partial charge in [0.2, 0.25) is 0 Å². The molecule has 1 fully saturated rings. The fraction of sp³-hybridized carbons (Fsp3) is 0.500. The van der Waals surface area contributed by atoms with Crippen LogP contribution in [0.3, 0.4) is 0 Å². The number of nitrogens with zero attached hydrogens (tertiary/aromatic N) is 1. The van der Waals surface area contributed by atoms with E-state index in [0.29, 0.717) is 6.04 Å². The number of para-hydroxylation sites is 1. The van der Waals surface area contributed by atoms with Crippen molar-refractivity contribution in [1.29, 1.82) is 0 Å². The van der Waals surface area contributed by atoms with E-state index in [4.69, 9.17) is 8.39 Å². The Kier molecular flexibility index (Phi) is 7.68. The quantitative estimate of drug-likeness (QED) is 0.251. The second-order valence-electron chi connectivity index (χ2n) is 14.2. The molecule has 4 aromatic rings. The third-order valence-electron chi connectivity index (χ3n) is 8.48. The summed E-state index contributed by atoms with van der Waals surface area (Å²) in [6, 6.07) is 16.3. The molecule has 5 rings (SSSR count). The van der Waals surface area contributed by atoms with Crippen LogP contribution in [-0.2, 0) is 10.8 Å². The van der Waals surface area contributed by atoms with Crippen molar-refractivity contribution < 1.29 is 8.39 Å². The first-order chi connectivity index (χ1) is 18.8. The van der Waals surface area contributed by atoms with Crippen LogP contribution in [0.5, 0.6) is 0 Å². The normalized spacial score (nSPS) is 15.2. The molecule has 0 aliphatic heterocycles. The van der Waals surface area contributed by atoms with Gasteiger partial charge in [0.15, 0.2) is 0 Å². The van der Waals surface area contributed by atoms with E-state index in [1.54, 1.807) is 0 Å². The second kappa shape index (κ2) is 10.6. The van der Waals surface area contributed by atoms with Crippen LogP contribution in [0.4, 0.5) is 5.69 Å². The molecule has 1 aliphatic carbocycles. The van der Waals surface area contributed by atoms with Crippen LogP contribution >= 0.6 is 8.16 Å². The Bertz CT molecular complexity index is 1490. The highest BCUT2D eigenvalue weighted by Gasteiger charge is 2.31. The molecule has 214 valence electrons. The molecule has 1 saturated carbocycles. The van der Waals surface area contributed by atoms with Crippen molar-refractivity contribution in [2.75, 3.05) is 4.67 Å². The lowest BCUT2D eigenvalue weighted by Gasteiger charge is -2.35. The molecule has 3 aromatic carbocycles. The average molecular weight is 558 g/mol. The lowest BCUT2D eigenvalue weighted by molar-refractivity contribution is 0.437. The molecular weight excluding hydrogens is 509 g/mol. The SMILES string of the molecule is Cc1cc(C(C)(C)C)c2op(N(c3c(C)cccc3C)C3CCCCC3)oc3c(C(C)(C)C)cc(C)cc3c2c1. The van der Waals surface area contributed by atoms with Crippen LogP contribution in [0.15, 0.2) is 50.9 Å². The van der Waals surface area contributed by atoms with Crippen molar-refractivity contribution in [2.24, 2.45) is 0 Å². The average Bonchev–Trinajstić information content (AvgIpc) is 3.01. The van der Waals surface area contributed by atoms with Crippen LogP contribution in [0.1, 0.15) is 107 Å². The van der Waals surface area contributed by atoms with Crippen molar-refractivity contribution in [2.45, 2.75) is 118 Å². The van der Waals surface area contributed by atoms with Gasteiger partial charge in [0.1, 0.15) is 11.2 Å². The lowest BCUT2D eigenvalue weighted by Crippen LogP contribution is -2.31. The van der Waals surface area contributed by atoms with E-state index in [1.165, 1.54) is 71.2 Å². The predicted octanol–water partition coefficient (Wildman–Crippen LogP) is 11.7. The van der Waals surface area contributed by atoms with Crippen molar-refractivity contribution in [3.8, 4) is 0 Å². The van der Waals surface area contributed by atoms with E-state index >= 15 is 0 Å². The summed E-state index contributed by atoms with van der Waals surface area (Å²) in [4.78, 5) is 0. The zero-order chi connectivity index (χ0) is 29.0. The van der Waals surface area contributed by atoms with E-state index in [-0.39, 0.29) is 10.8 Å². The van der Waals surface area contributed by atoms with Gasteiger partial charge in [-0.15, -0.1) is 0 Å². The molecule has 40 heavy (non-hydrogen) atoms. The third kappa shape index (κ3) is 5.47. The Labute approximate surface area is 242 Å². The number of hydrogen-bond acceptors (Lipinski definition) is 3. The predicted molar refractivity (Wildman–Crippen MR) is 174 cm³/mol. The van der Waals surface area contributed by atoms with E-state index in [1.807, 2.05) is 0 Å². The minimum absolute atomic E-state index is 0.0768. The molecule has 0 unspecified atom stereocenters. The first-order valence-electron chi connectivity index (χ1n) is 15.1. The zero-order valence-electron chi connectivity index (χ0n) is 26.4. The summed E-state index contributed by atoms with van der Waals surface area (Å²) in [5, 5.41) is 2.31. The Hall–Kier alpha value is -2.64. The highest BCUT2D eigenvalue weighted by Crippen LogP contribution is 2.49. The van der Waals surface area contributed by atoms with Crippen molar-refractivity contribution >= 4 is 35.8 Å². The standard InChI is InChI=1S/C36H48NO2P/c1-23-19-28-29-20-24(2)22-31(36(8,9)10)34(29)39-40(38-33(28)30(21-23)35(5,6)7)37(27-17-12-11-13-18-27)32-25(3)15-14-16-26(32)4/h14-16,19-22,27H,11-13,17-18H2,1-10H3. The number of benzene rings is 3. The maximum absolute atomic E-state index is 7.31. The number of fused-ring (bicyclic) bond motifs is 3. The summed E-state index contributed by atoms with van der Waals surface area (Å²) in [6.45, 7) is 22.6. The Morgan fingerprint density at radius 2 is 1.12 bits per heavy atom. The lowest BCUT2D eigenvalue weighted by atomic mass is 9.83. The zero-order valence-corrected chi connectivity index (χ0v) is 27.3. The molecule has 0 atom stereocenters.